The third-order valence-electron chi connectivity index (χ3n) is 3.55. The molecule has 128 valence electrons. The van der Waals surface area contributed by atoms with Gasteiger partial charge in [0.1, 0.15) is 11.5 Å². The van der Waals surface area contributed by atoms with Crippen LogP contribution in [-0.4, -0.2) is 25.2 Å². The summed E-state index contributed by atoms with van der Waals surface area (Å²) < 4.78 is 11.0. The Labute approximate surface area is 143 Å². The Morgan fingerprint density at radius 1 is 1.08 bits per heavy atom. The molecule has 0 aliphatic rings. The molecule has 2 aromatic carbocycles. The van der Waals surface area contributed by atoms with E-state index in [-0.39, 0.29) is 18.1 Å². The first kappa shape index (κ1) is 17.9. The molecule has 0 aliphatic heterocycles. The van der Waals surface area contributed by atoms with Gasteiger partial charge in [0.15, 0.2) is 0 Å². The van der Waals surface area contributed by atoms with Crippen molar-refractivity contribution in [2.75, 3.05) is 7.11 Å². The van der Waals surface area contributed by atoms with Gasteiger partial charge in [0.05, 0.1) is 18.8 Å². The van der Waals surface area contributed by atoms with E-state index in [1.54, 1.807) is 13.2 Å². The lowest BCUT2D eigenvalue weighted by atomic mass is 10.1. The molecule has 0 heterocycles. The maximum atomic E-state index is 12.6. The Morgan fingerprint density at radius 2 is 1.83 bits per heavy atom. The van der Waals surface area contributed by atoms with Crippen LogP contribution in [0.1, 0.15) is 36.7 Å². The van der Waals surface area contributed by atoms with E-state index in [9.17, 15) is 4.79 Å². The first-order valence-corrected chi connectivity index (χ1v) is 8.19. The Bertz CT molecular complexity index is 682. The molecule has 0 spiro atoms. The van der Waals surface area contributed by atoms with Crippen molar-refractivity contribution in [1.29, 1.82) is 0 Å². The number of ether oxygens (including phenoxy) is 2. The fraction of sp³-hybridized carbons (Fsp3) is 0.350. The standard InChI is InChI=1S/C20H25NO3/c1-14(2)24-19-11-6-5-10-18(19)20(22)21-15(3)12-16-8-7-9-17(13-16)23-4/h5-11,13-15H,12H2,1-4H3,(H,21,22). The van der Waals surface area contributed by atoms with Crippen LogP contribution in [0.15, 0.2) is 48.5 Å². The van der Waals surface area contributed by atoms with Gasteiger partial charge in [-0.3, -0.25) is 4.79 Å². The minimum absolute atomic E-state index is 0.00304. The smallest absolute Gasteiger partial charge is 0.255 e. The van der Waals surface area contributed by atoms with Gasteiger partial charge >= 0.3 is 0 Å². The van der Waals surface area contributed by atoms with Crippen molar-refractivity contribution >= 4 is 5.91 Å². The molecule has 0 radical (unpaired) electrons. The summed E-state index contributed by atoms with van der Waals surface area (Å²) in [7, 11) is 1.65. The summed E-state index contributed by atoms with van der Waals surface area (Å²) in [6, 6.07) is 15.2. The minimum atomic E-state index is -0.123. The number of rotatable bonds is 7. The topological polar surface area (TPSA) is 47.6 Å². The molecule has 0 fully saturated rings. The normalized spacial score (nSPS) is 11.9. The Morgan fingerprint density at radius 3 is 2.54 bits per heavy atom. The number of benzene rings is 2. The minimum Gasteiger partial charge on any atom is -0.497 e. The van der Waals surface area contributed by atoms with E-state index in [0.29, 0.717) is 11.3 Å². The molecule has 1 amide bonds. The van der Waals surface area contributed by atoms with Crippen LogP contribution in [0.4, 0.5) is 0 Å². The summed E-state index contributed by atoms with van der Waals surface area (Å²) in [6.07, 6.45) is 0.754. The quantitative estimate of drug-likeness (QED) is 0.840. The lowest BCUT2D eigenvalue weighted by Gasteiger charge is -2.17. The van der Waals surface area contributed by atoms with E-state index >= 15 is 0 Å². The fourth-order valence-corrected chi connectivity index (χ4v) is 2.52. The van der Waals surface area contributed by atoms with E-state index in [4.69, 9.17) is 9.47 Å². The molecule has 2 rings (SSSR count). The summed E-state index contributed by atoms with van der Waals surface area (Å²) in [5.74, 6) is 1.31. The van der Waals surface area contributed by atoms with E-state index in [1.165, 1.54) is 0 Å². The summed E-state index contributed by atoms with van der Waals surface area (Å²) >= 11 is 0. The second-order valence-corrected chi connectivity index (χ2v) is 6.09. The molecule has 0 saturated carbocycles. The van der Waals surface area contributed by atoms with Gasteiger partial charge in [0.2, 0.25) is 0 Å². The highest BCUT2D eigenvalue weighted by Crippen LogP contribution is 2.20. The maximum absolute atomic E-state index is 12.6. The average Bonchev–Trinajstić information content (AvgIpc) is 2.54. The molecule has 0 bridgehead atoms. The molecule has 2 aromatic rings. The first-order valence-electron chi connectivity index (χ1n) is 8.19. The number of methoxy groups -OCH3 is 1. The van der Waals surface area contributed by atoms with Crippen molar-refractivity contribution in [1.82, 2.24) is 5.32 Å². The number of hydrogen-bond donors (Lipinski definition) is 1. The zero-order valence-electron chi connectivity index (χ0n) is 14.7. The number of amides is 1. The van der Waals surface area contributed by atoms with Gasteiger partial charge in [-0.25, -0.2) is 0 Å². The van der Waals surface area contributed by atoms with Crippen LogP contribution >= 0.6 is 0 Å². The predicted octanol–water partition coefficient (Wildman–Crippen LogP) is 3.84. The third-order valence-corrected chi connectivity index (χ3v) is 3.55. The second kappa shape index (κ2) is 8.39. The largest absolute Gasteiger partial charge is 0.497 e. The van der Waals surface area contributed by atoms with E-state index in [1.807, 2.05) is 63.2 Å². The van der Waals surface area contributed by atoms with Crippen LogP contribution in [0, 0.1) is 0 Å². The molecule has 1 unspecified atom stereocenters. The van der Waals surface area contributed by atoms with Crippen molar-refractivity contribution in [2.45, 2.75) is 39.3 Å². The summed E-state index contributed by atoms with van der Waals surface area (Å²) in [6.45, 7) is 5.88. The fourth-order valence-electron chi connectivity index (χ4n) is 2.52. The van der Waals surface area contributed by atoms with Crippen LogP contribution in [-0.2, 0) is 6.42 Å². The highest BCUT2D eigenvalue weighted by molar-refractivity contribution is 5.97. The molecule has 4 nitrogen and oxygen atoms in total. The van der Waals surface area contributed by atoms with Gasteiger partial charge in [-0.05, 0) is 57.0 Å². The van der Waals surface area contributed by atoms with Crippen molar-refractivity contribution in [2.24, 2.45) is 0 Å². The van der Waals surface area contributed by atoms with Crippen LogP contribution in [0.5, 0.6) is 11.5 Å². The predicted molar refractivity (Wildman–Crippen MR) is 95.8 cm³/mol. The van der Waals surface area contributed by atoms with Crippen LogP contribution in [0.2, 0.25) is 0 Å². The zero-order valence-corrected chi connectivity index (χ0v) is 14.7. The molecule has 1 N–H and O–H groups in total. The van der Waals surface area contributed by atoms with Crippen molar-refractivity contribution in [3.8, 4) is 11.5 Å². The summed E-state index contributed by atoms with van der Waals surface area (Å²) in [4.78, 5) is 12.6. The van der Waals surface area contributed by atoms with Crippen molar-refractivity contribution in [3.63, 3.8) is 0 Å². The SMILES string of the molecule is COc1cccc(CC(C)NC(=O)c2ccccc2OC(C)C)c1. The number of nitrogens with one attached hydrogen (secondary N) is 1. The van der Waals surface area contributed by atoms with Crippen LogP contribution in [0.3, 0.4) is 0 Å². The average molecular weight is 327 g/mol. The number of para-hydroxylation sites is 1. The molecule has 1 atom stereocenters. The van der Waals surface area contributed by atoms with Crippen molar-refractivity contribution in [3.05, 3.63) is 59.7 Å². The van der Waals surface area contributed by atoms with Gasteiger partial charge in [-0.2, -0.15) is 0 Å². The zero-order chi connectivity index (χ0) is 17.5. The molecule has 0 aromatic heterocycles. The van der Waals surface area contributed by atoms with Gasteiger partial charge < -0.3 is 14.8 Å². The maximum Gasteiger partial charge on any atom is 0.255 e. The number of carbonyl (C=O) groups is 1. The molecule has 0 aliphatic carbocycles. The molecular weight excluding hydrogens is 302 g/mol. The van der Waals surface area contributed by atoms with Gasteiger partial charge in [-0.1, -0.05) is 24.3 Å². The van der Waals surface area contributed by atoms with Crippen LogP contribution < -0.4 is 14.8 Å². The Balaban J connectivity index is 2.03. The molecule has 4 heteroatoms. The summed E-state index contributed by atoms with van der Waals surface area (Å²) in [5.41, 5.74) is 1.68. The van der Waals surface area contributed by atoms with Gasteiger partial charge in [0, 0.05) is 6.04 Å². The highest BCUT2D eigenvalue weighted by Gasteiger charge is 2.15. The first-order chi connectivity index (χ1) is 11.5. The van der Waals surface area contributed by atoms with E-state index in [2.05, 4.69) is 5.32 Å². The Kier molecular flexibility index (Phi) is 6.24. The van der Waals surface area contributed by atoms with E-state index < -0.39 is 0 Å². The molecular formula is C20H25NO3. The molecule has 0 saturated heterocycles. The lowest BCUT2D eigenvalue weighted by molar-refractivity contribution is 0.0934. The Hall–Kier alpha value is -2.49. The summed E-state index contributed by atoms with van der Waals surface area (Å²) in [5, 5.41) is 3.04. The van der Waals surface area contributed by atoms with Crippen LogP contribution in [0.25, 0.3) is 0 Å². The lowest BCUT2D eigenvalue weighted by Crippen LogP contribution is -2.34. The number of hydrogen-bond acceptors (Lipinski definition) is 3. The second-order valence-electron chi connectivity index (χ2n) is 6.09. The third kappa shape index (κ3) is 5.01. The highest BCUT2D eigenvalue weighted by atomic mass is 16.5. The molecule has 24 heavy (non-hydrogen) atoms. The van der Waals surface area contributed by atoms with Gasteiger partial charge in [0.25, 0.3) is 5.91 Å². The van der Waals surface area contributed by atoms with E-state index in [0.717, 1.165) is 17.7 Å². The van der Waals surface area contributed by atoms with Gasteiger partial charge in [-0.15, -0.1) is 0 Å². The number of carbonyl (C=O) groups excluding carboxylic acids is 1. The van der Waals surface area contributed by atoms with Crippen molar-refractivity contribution < 1.29 is 14.3 Å². The monoisotopic (exact) mass is 327 g/mol.